The molecule has 2 saturated carbocycles. The van der Waals surface area contributed by atoms with Crippen LogP contribution in [0.5, 0.6) is 0 Å². The molecule has 1 aliphatic heterocycles. The van der Waals surface area contributed by atoms with Crippen LogP contribution in [0.1, 0.15) is 56.3 Å². The van der Waals surface area contributed by atoms with Crippen molar-refractivity contribution in [1.29, 1.82) is 0 Å². The predicted molar refractivity (Wildman–Crippen MR) is 122 cm³/mol. The Labute approximate surface area is 185 Å². The lowest BCUT2D eigenvalue weighted by Gasteiger charge is -2.48. The SMILES string of the molecule is Cc1oc2ccccc2c1CC(=O)N(C)C1CCC2(CCCO2)CC1N(C)CC1CC1. The molecule has 2 heterocycles. The number of carbonyl (C=O) groups is 1. The molecule has 3 aliphatic rings. The van der Waals surface area contributed by atoms with Crippen LogP contribution >= 0.6 is 0 Å². The van der Waals surface area contributed by atoms with Gasteiger partial charge in [0.05, 0.1) is 12.0 Å². The third kappa shape index (κ3) is 4.14. The van der Waals surface area contributed by atoms with E-state index in [2.05, 4.69) is 18.0 Å². The quantitative estimate of drug-likeness (QED) is 0.682. The highest BCUT2D eigenvalue weighted by atomic mass is 16.5. The average Bonchev–Trinajstić information content (AvgIpc) is 3.38. The number of amides is 1. The number of fused-ring (bicyclic) bond motifs is 1. The predicted octanol–water partition coefficient (Wildman–Crippen LogP) is 4.55. The van der Waals surface area contributed by atoms with Crippen molar-refractivity contribution in [2.45, 2.75) is 76.0 Å². The molecule has 1 aromatic heterocycles. The van der Waals surface area contributed by atoms with Crippen molar-refractivity contribution in [2.75, 3.05) is 27.2 Å². The average molecular weight is 425 g/mol. The molecule has 1 aromatic carbocycles. The van der Waals surface area contributed by atoms with Crippen LogP contribution in [0.3, 0.4) is 0 Å². The first-order chi connectivity index (χ1) is 15.0. The lowest BCUT2D eigenvalue weighted by atomic mass is 9.76. The topological polar surface area (TPSA) is 45.9 Å². The Kier molecular flexibility index (Phi) is 5.59. The number of carbonyl (C=O) groups excluding carboxylic acids is 1. The summed E-state index contributed by atoms with van der Waals surface area (Å²) in [4.78, 5) is 18.0. The summed E-state index contributed by atoms with van der Waals surface area (Å²) in [6, 6.07) is 8.63. The van der Waals surface area contributed by atoms with Gasteiger partial charge in [-0.3, -0.25) is 4.79 Å². The monoisotopic (exact) mass is 424 g/mol. The van der Waals surface area contributed by atoms with Crippen LogP contribution in [0.2, 0.25) is 0 Å². The van der Waals surface area contributed by atoms with Gasteiger partial charge >= 0.3 is 0 Å². The van der Waals surface area contributed by atoms with E-state index in [4.69, 9.17) is 9.15 Å². The first-order valence-electron chi connectivity index (χ1n) is 12.0. The zero-order valence-corrected chi connectivity index (χ0v) is 19.2. The second-order valence-corrected chi connectivity index (χ2v) is 10.2. The molecule has 3 atom stereocenters. The molecule has 3 fully saturated rings. The Balaban J connectivity index is 1.34. The van der Waals surface area contributed by atoms with Crippen molar-refractivity contribution in [1.82, 2.24) is 9.80 Å². The van der Waals surface area contributed by atoms with Crippen molar-refractivity contribution in [3.05, 3.63) is 35.6 Å². The van der Waals surface area contributed by atoms with Crippen molar-refractivity contribution in [3.8, 4) is 0 Å². The van der Waals surface area contributed by atoms with Gasteiger partial charge in [-0.2, -0.15) is 0 Å². The standard InChI is InChI=1S/C26H36N2O3/c1-18-21(20-7-4-5-8-24(20)31-18)15-25(29)28(3)22-11-13-26(12-6-14-30-26)16-23(22)27(2)17-19-9-10-19/h4-5,7-8,19,22-23H,6,9-17H2,1-3H3. The van der Waals surface area contributed by atoms with Crippen LogP contribution in [0.25, 0.3) is 11.0 Å². The van der Waals surface area contributed by atoms with Gasteiger partial charge in [0.2, 0.25) is 5.91 Å². The fourth-order valence-corrected chi connectivity index (χ4v) is 5.98. The minimum atomic E-state index is 0.0419. The summed E-state index contributed by atoms with van der Waals surface area (Å²) >= 11 is 0. The fraction of sp³-hybridized carbons (Fsp3) is 0.654. The maximum Gasteiger partial charge on any atom is 0.227 e. The Morgan fingerprint density at radius 3 is 2.68 bits per heavy atom. The van der Waals surface area contributed by atoms with Gasteiger partial charge in [0.15, 0.2) is 0 Å². The molecular weight excluding hydrogens is 388 g/mol. The Hall–Kier alpha value is -1.85. The first kappa shape index (κ1) is 21.0. The molecule has 0 radical (unpaired) electrons. The molecule has 5 rings (SSSR count). The number of ether oxygens (including phenoxy) is 1. The summed E-state index contributed by atoms with van der Waals surface area (Å²) in [5.74, 6) is 1.88. The third-order valence-corrected chi connectivity index (χ3v) is 8.03. The van der Waals surface area contributed by atoms with Crippen LogP contribution in [-0.2, 0) is 16.0 Å². The van der Waals surface area contributed by atoms with Gasteiger partial charge in [-0.05, 0) is 70.9 Å². The fourth-order valence-electron chi connectivity index (χ4n) is 5.98. The van der Waals surface area contributed by atoms with Crippen molar-refractivity contribution < 1.29 is 13.9 Å². The van der Waals surface area contributed by atoms with Crippen LogP contribution in [0.4, 0.5) is 0 Å². The van der Waals surface area contributed by atoms with E-state index < -0.39 is 0 Å². The third-order valence-electron chi connectivity index (χ3n) is 8.03. The summed E-state index contributed by atoms with van der Waals surface area (Å²) < 4.78 is 12.2. The highest BCUT2D eigenvalue weighted by molar-refractivity contribution is 5.88. The zero-order valence-electron chi connectivity index (χ0n) is 19.2. The molecule has 1 saturated heterocycles. The molecule has 2 aliphatic carbocycles. The Morgan fingerprint density at radius 1 is 1.13 bits per heavy atom. The van der Waals surface area contributed by atoms with E-state index in [1.54, 1.807) is 0 Å². The zero-order chi connectivity index (χ0) is 21.6. The largest absolute Gasteiger partial charge is 0.461 e. The number of para-hydroxylation sites is 1. The second kappa shape index (κ2) is 8.25. The summed E-state index contributed by atoms with van der Waals surface area (Å²) in [7, 11) is 4.27. The van der Waals surface area contributed by atoms with E-state index >= 15 is 0 Å². The van der Waals surface area contributed by atoms with Crippen molar-refractivity contribution in [2.24, 2.45) is 5.92 Å². The van der Waals surface area contributed by atoms with Gasteiger partial charge < -0.3 is 19.0 Å². The number of rotatable bonds is 6. The van der Waals surface area contributed by atoms with Crippen LogP contribution in [0.15, 0.2) is 28.7 Å². The van der Waals surface area contributed by atoms with E-state index in [0.29, 0.717) is 12.5 Å². The van der Waals surface area contributed by atoms with E-state index in [9.17, 15) is 4.79 Å². The van der Waals surface area contributed by atoms with Gasteiger partial charge in [-0.15, -0.1) is 0 Å². The van der Waals surface area contributed by atoms with Gasteiger partial charge in [-0.1, -0.05) is 18.2 Å². The van der Waals surface area contributed by atoms with Gasteiger partial charge in [0.25, 0.3) is 0 Å². The number of hydrogen-bond acceptors (Lipinski definition) is 4. The minimum Gasteiger partial charge on any atom is -0.461 e. The lowest BCUT2D eigenvalue weighted by Crippen LogP contribution is -2.58. The number of benzene rings is 1. The maximum atomic E-state index is 13.5. The van der Waals surface area contributed by atoms with Crippen LogP contribution in [-0.4, -0.2) is 60.6 Å². The van der Waals surface area contributed by atoms with Crippen LogP contribution in [0, 0.1) is 12.8 Å². The van der Waals surface area contributed by atoms with Gasteiger partial charge in [0, 0.05) is 43.2 Å². The lowest BCUT2D eigenvalue weighted by molar-refractivity contribution is -0.136. The van der Waals surface area contributed by atoms with Gasteiger partial charge in [-0.25, -0.2) is 0 Å². The molecule has 31 heavy (non-hydrogen) atoms. The first-order valence-corrected chi connectivity index (χ1v) is 12.0. The molecule has 0 bridgehead atoms. The van der Waals surface area contributed by atoms with E-state index in [1.165, 1.54) is 25.7 Å². The summed E-state index contributed by atoms with van der Waals surface area (Å²) in [5.41, 5.74) is 1.94. The number of furan rings is 1. The Morgan fingerprint density at radius 2 is 1.94 bits per heavy atom. The van der Waals surface area contributed by atoms with E-state index in [0.717, 1.165) is 60.6 Å². The van der Waals surface area contributed by atoms with Crippen molar-refractivity contribution in [3.63, 3.8) is 0 Å². The molecule has 2 aromatic rings. The number of nitrogens with zero attached hydrogens (tertiary/aromatic N) is 2. The number of likely N-dealkylation sites (N-methyl/N-ethyl adjacent to an activating group) is 2. The van der Waals surface area contributed by atoms with E-state index in [1.807, 2.05) is 37.1 Å². The Bertz CT molecular complexity index is 941. The van der Waals surface area contributed by atoms with Gasteiger partial charge in [0.1, 0.15) is 11.3 Å². The van der Waals surface area contributed by atoms with E-state index in [-0.39, 0.29) is 17.6 Å². The summed E-state index contributed by atoms with van der Waals surface area (Å²) in [6.45, 7) is 4.01. The van der Waals surface area contributed by atoms with Crippen LogP contribution < -0.4 is 0 Å². The molecule has 0 N–H and O–H groups in total. The number of aryl methyl sites for hydroxylation is 1. The maximum absolute atomic E-state index is 13.5. The molecule has 1 amide bonds. The highest BCUT2D eigenvalue weighted by Gasteiger charge is 2.47. The summed E-state index contributed by atoms with van der Waals surface area (Å²) in [5, 5.41) is 1.06. The molecule has 5 nitrogen and oxygen atoms in total. The number of hydrogen-bond donors (Lipinski definition) is 0. The minimum absolute atomic E-state index is 0.0419. The second-order valence-electron chi connectivity index (χ2n) is 10.2. The molecular formula is C26H36N2O3. The molecule has 3 unspecified atom stereocenters. The summed E-state index contributed by atoms with van der Waals surface area (Å²) in [6.07, 6.45) is 8.58. The molecule has 168 valence electrons. The normalized spacial score (nSPS) is 28.6. The highest BCUT2D eigenvalue weighted by Crippen LogP contribution is 2.43. The van der Waals surface area contributed by atoms with Crippen molar-refractivity contribution >= 4 is 16.9 Å². The molecule has 1 spiro atoms. The molecule has 5 heteroatoms. The smallest absolute Gasteiger partial charge is 0.227 e.